The molecule has 30 heavy (non-hydrogen) atoms. The van der Waals surface area contributed by atoms with Gasteiger partial charge in [-0.25, -0.2) is 0 Å². The molecule has 1 aliphatic heterocycles. The van der Waals surface area contributed by atoms with Gasteiger partial charge in [-0.05, 0) is 35.5 Å². The molecule has 0 saturated carbocycles. The summed E-state index contributed by atoms with van der Waals surface area (Å²) in [7, 11) is 0. The summed E-state index contributed by atoms with van der Waals surface area (Å²) in [4.78, 5) is 50.0. The number of carbonyl (C=O) groups excluding carboxylic acids is 4. The van der Waals surface area contributed by atoms with Crippen molar-refractivity contribution in [2.45, 2.75) is 0 Å². The highest BCUT2D eigenvalue weighted by molar-refractivity contribution is 8.18. The number of halogens is 1. The highest BCUT2D eigenvalue weighted by Gasteiger charge is 2.34. The first-order valence-electron chi connectivity index (χ1n) is 9.05. The van der Waals surface area contributed by atoms with Crippen molar-refractivity contribution in [2.24, 2.45) is 0 Å². The molecule has 1 aliphatic rings. The Hall–Kier alpha value is -3.10. The van der Waals surface area contributed by atoms with E-state index in [-0.39, 0.29) is 30.4 Å². The number of thioether (sulfide) groups is 1. The summed E-state index contributed by atoms with van der Waals surface area (Å²) in [6.07, 6.45) is 1.66. The molecule has 1 heterocycles. The molecule has 0 spiro atoms. The average molecular weight is 444 g/mol. The molecule has 0 aromatic heterocycles. The van der Waals surface area contributed by atoms with E-state index in [0.717, 1.165) is 22.2 Å². The third-order valence-corrected chi connectivity index (χ3v) is 5.39. The highest BCUT2D eigenvalue weighted by atomic mass is 35.5. The monoisotopic (exact) mass is 443 g/mol. The summed E-state index contributed by atoms with van der Waals surface area (Å²) in [5.74, 6) is -1.30. The highest BCUT2D eigenvalue weighted by Crippen LogP contribution is 2.31. The maximum absolute atomic E-state index is 12.4. The molecule has 0 unspecified atom stereocenters. The lowest BCUT2D eigenvalue weighted by molar-refractivity contribution is -0.124. The molecule has 3 rings (SSSR count). The van der Waals surface area contributed by atoms with Gasteiger partial charge in [-0.2, -0.15) is 0 Å². The summed E-state index contributed by atoms with van der Waals surface area (Å²) < 4.78 is 0. The van der Waals surface area contributed by atoms with Crippen molar-refractivity contribution in [1.29, 1.82) is 0 Å². The van der Waals surface area contributed by atoms with Crippen molar-refractivity contribution in [3.8, 4) is 0 Å². The van der Waals surface area contributed by atoms with Crippen molar-refractivity contribution in [1.82, 2.24) is 15.5 Å². The lowest BCUT2D eigenvalue weighted by atomic mass is 10.2. The molecule has 0 radical (unpaired) electrons. The molecule has 0 bridgehead atoms. The molecule has 1 fully saturated rings. The first kappa shape index (κ1) is 21.6. The number of nitrogens with zero attached hydrogens (tertiary/aromatic N) is 1. The second-order valence-electron chi connectivity index (χ2n) is 6.26. The molecule has 2 aromatic carbocycles. The molecule has 2 N–H and O–H groups in total. The van der Waals surface area contributed by atoms with E-state index in [1.165, 1.54) is 0 Å². The zero-order chi connectivity index (χ0) is 21.5. The van der Waals surface area contributed by atoms with Gasteiger partial charge in [0, 0.05) is 13.1 Å². The van der Waals surface area contributed by atoms with Gasteiger partial charge >= 0.3 is 0 Å². The normalized spacial score (nSPS) is 14.8. The maximum atomic E-state index is 12.4. The van der Waals surface area contributed by atoms with Crippen LogP contribution in [0, 0.1) is 0 Å². The molecular formula is C21H18ClN3O4S. The van der Waals surface area contributed by atoms with E-state index >= 15 is 0 Å². The van der Waals surface area contributed by atoms with Crippen LogP contribution in [0.2, 0.25) is 5.02 Å². The topological polar surface area (TPSA) is 95.6 Å². The van der Waals surface area contributed by atoms with E-state index in [4.69, 9.17) is 11.6 Å². The molecule has 9 heteroatoms. The van der Waals surface area contributed by atoms with Crippen LogP contribution in [0.25, 0.3) is 6.08 Å². The van der Waals surface area contributed by atoms with Crippen molar-refractivity contribution in [2.75, 3.05) is 19.6 Å². The minimum Gasteiger partial charge on any atom is -0.353 e. The van der Waals surface area contributed by atoms with Crippen LogP contribution in [-0.2, 0) is 9.59 Å². The minimum atomic E-state index is -0.465. The van der Waals surface area contributed by atoms with Gasteiger partial charge in [-0.3, -0.25) is 24.1 Å². The summed E-state index contributed by atoms with van der Waals surface area (Å²) >= 11 is 6.81. The fourth-order valence-electron chi connectivity index (χ4n) is 2.66. The molecule has 7 nitrogen and oxygen atoms in total. The van der Waals surface area contributed by atoms with Crippen LogP contribution in [0.15, 0.2) is 59.5 Å². The van der Waals surface area contributed by atoms with Gasteiger partial charge < -0.3 is 10.6 Å². The van der Waals surface area contributed by atoms with E-state index in [9.17, 15) is 19.2 Å². The average Bonchev–Trinajstić information content (AvgIpc) is 3.00. The number of hydrogen-bond donors (Lipinski definition) is 2. The number of hydrogen-bond acceptors (Lipinski definition) is 5. The Morgan fingerprint density at radius 3 is 2.43 bits per heavy atom. The summed E-state index contributed by atoms with van der Waals surface area (Å²) in [6.45, 7) is -0.127. The van der Waals surface area contributed by atoms with Crippen LogP contribution in [-0.4, -0.2) is 47.5 Å². The third-order valence-electron chi connectivity index (χ3n) is 4.16. The van der Waals surface area contributed by atoms with Crippen LogP contribution in [0.4, 0.5) is 4.79 Å². The number of benzene rings is 2. The SMILES string of the molecule is O=C(CNC(=O)c1ccccc1Cl)NCCN1C(=O)S/C(=C/c2ccccc2)C1=O. The van der Waals surface area contributed by atoms with Gasteiger partial charge in [0.1, 0.15) is 0 Å². The first-order valence-corrected chi connectivity index (χ1v) is 10.2. The number of rotatable bonds is 7. The van der Waals surface area contributed by atoms with Gasteiger partial charge in [-0.15, -0.1) is 0 Å². The van der Waals surface area contributed by atoms with E-state index in [0.29, 0.717) is 9.93 Å². The Morgan fingerprint density at radius 1 is 1.00 bits per heavy atom. The van der Waals surface area contributed by atoms with E-state index in [1.54, 1.807) is 30.3 Å². The number of imide groups is 1. The van der Waals surface area contributed by atoms with Crippen LogP contribution in [0.3, 0.4) is 0 Å². The zero-order valence-electron chi connectivity index (χ0n) is 15.8. The molecular weight excluding hydrogens is 426 g/mol. The largest absolute Gasteiger partial charge is 0.353 e. The fraction of sp³-hybridized carbons (Fsp3) is 0.143. The first-order chi connectivity index (χ1) is 14.5. The quantitative estimate of drug-likeness (QED) is 0.641. The van der Waals surface area contributed by atoms with Crippen molar-refractivity contribution in [3.63, 3.8) is 0 Å². The van der Waals surface area contributed by atoms with Gasteiger partial charge in [0.2, 0.25) is 5.91 Å². The molecule has 2 aromatic rings. The third kappa shape index (κ3) is 5.49. The number of nitrogens with one attached hydrogen (secondary N) is 2. The Morgan fingerprint density at radius 2 is 1.70 bits per heavy atom. The predicted molar refractivity (Wildman–Crippen MR) is 116 cm³/mol. The summed E-state index contributed by atoms with van der Waals surface area (Å²) in [6, 6.07) is 15.7. The fourth-order valence-corrected chi connectivity index (χ4v) is 3.75. The second kappa shape index (κ2) is 10.1. The van der Waals surface area contributed by atoms with Crippen molar-refractivity contribution >= 4 is 52.4 Å². The standard InChI is InChI=1S/C21H18ClN3O4S/c22-16-9-5-4-8-15(16)19(27)24-13-18(26)23-10-11-25-20(28)17(30-21(25)29)12-14-6-2-1-3-7-14/h1-9,12H,10-11,13H2,(H,23,26)(H,24,27)/b17-12+. The Bertz CT molecular complexity index is 1010. The maximum Gasteiger partial charge on any atom is 0.293 e. The van der Waals surface area contributed by atoms with Crippen LogP contribution < -0.4 is 10.6 Å². The molecule has 154 valence electrons. The zero-order valence-corrected chi connectivity index (χ0v) is 17.3. The summed E-state index contributed by atoms with van der Waals surface area (Å²) in [5, 5.41) is 4.95. The molecule has 4 amide bonds. The van der Waals surface area contributed by atoms with E-state index in [1.807, 2.05) is 30.3 Å². The van der Waals surface area contributed by atoms with Crippen molar-refractivity contribution in [3.05, 3.63) is 75.7 Å². The lowest BCUT2D eigenvalue weighted by Crippen LogP contribution is -2.41. The molecule has 0 aliphatic carbocycles. The van der Waals surface area contributed by atoms with Gasteiger partial charge in [0.25, 0.3) is 17.1 Å². The minimum absolute atomic E-state index is 0.0427. The predicted octanol–water partition coefficient (Wildman–Crippen LogP) is 2.92. The molecule has 1 saturated heterocycles. The number of carbonyl (C=O) groups is 4. The number of amides is 4. The van der Waals surface area contributed by atoms with Crippen molar-refractivity contribution < 1.29 is 19.2 Å². The van der Waals surface area contributed by atoms with Crippen LogP contribution in [0.5, 0.6) is 0 Å². The second-order valence-corrected chi connectivity index (χ2v) is 7.66. The van der Waals surface area contributed by atoms with E-state index < -0.39 is 17.7 Å². The smallest absolute Gasteiger partial charge is 0.293 e. The van der Waals surface area contributed by atoms with Crippen LogP contribution >= 0.6 is 23.4 Å². The Balaban J connectivity index is 1.45. The Labute approximate surface area is 182 Å². The van der Waals surface area contributed by atoms with Gasteiger partial charge in [0.15, 0.2) is 0 Å². The van der Waals surface area contributed by atoms with E-state index in [2.05, 4.69) is 10.6 Å². The van der Waals surface area contributed by atoms with Gasteiger partial charge in [-0.1, -0.05) is 54.1 Å². The Kier molecular flexibility index (Phi) is 7.26. The van der Waals surface area contributed by atoms with Crippen LogP contribution in [0.1, 0.15) is 15.9 Å². The lowest BCUT2D eigenvalue weighted by Gasteiger charge is -2.13. The summed E-state index contributed by atoms with van der Waals surface area (Å²) in [5.41, 5.74) is 1.10. The molecule has 0 atom stereocenters. The van der Waals surface area contributed by atoms with Gasteiger partial charge in [0.05, 0.1) is 22.0 Å².